The molecule has 0 aliphatic carbocycles. The van der Waals surface area contributed by atoms with Crippen molar-refractivity contribution in [1.29, 1.82) is 0 Å². The van der Waals surface area contributed by atoms with Crippen molar-refractivity contribution in [2.24, 2.45) is 0 Å². The molecule has 4 aromatic carbocycles. The molecule has 1 atom stereocenters. The van der Waals surface area contributed by atoms with Gasteiger partial charge in [-0.2, -0.15) is 0 Å². The van der Waals surface area contributed by atoms with Gasteiger partial charge in [0, 0.05) is 42.6 Å². The summed E-state index contributed by atoms with van der Waals surface area (Å²) < 4.78 is 0. The maximum Gasteiger partial charge on any atom is 0.259 e. The molecular formula is C35H35ClN4O2. The van der Waals surface area contributed by atoms with E-state index in [0.717, 1.165) is 48.6 Å². The standard InChI is InChI=1S/C35H35ClN4O2/c1-38-22-26-13-5-8-16-33(26)40(24-28(38)23-39-19-9-10-20-39)35(42)31-18-17-27(21-32(31)36)37-34(41)30-15-7-6-14-29(30)25-11-3-2-4-12-25/h2-8,11-18,21,28H,9-10,19-20,22-24H2,1H3,(H,37,41)/t28-/m0/s1. The lowest BCUT2D eigenvalue weighted by Gasteiger charge is -2.32. The zero-order valence-corrected chi connectivity index (χ0v) is 24.6. The third-order valence-corrected chi connectivity index (χ3v) is 8.66. The predicted molar refractivity (Wildman–Crippen MR) is 170 cm³/mol. The minimum absolute atomic E-state index is 0.138. The highest BCUT2D eigenvalue weighted by atomic mass is 35.5. The van der Waals surface area contributed by atoms with Gasteiger partial charge in [0.25, 0.3) is 11.8 Å². The summed E-state index contributed by atoms with van der Waals surface area (Å²) in [5, 5.41) is 3.28. The first-order valence-corrected chi connectivity index (χ1v) is 14.9. The van der Waals surface area contributed by atoms with E-state index in [1.807, 2.05) is 77.7 Å². The number of para-hydroxylation sites is 1. The number of anilines is 2. The Hall–Kier alpha value is -3.97. The van der Waals surface area contributed by atoms with Crippen LogP contribution in [-0.2, 0) is 6.54 Å². The van der Waals surface area contributed by atoms with E-state index in [1.54, 1.807) is 18.2 Å². The quantitative estimate of drug-likeness (QED) is 0.273. The molecule has 2 aliphatic heterocycles. The first-order chi connectivity index (χ1) is 20.5. The van der Waals surface area contributed by atoms with Gasteiger partial charge in [0.15, 0.2) is 0 Å². The van der Waals surface area contributed by atoms with E-state index in [2.05, 4.69) is 28.2 Å². The summed E-state index contributed by atoms with van der Waals surface area (Å²) in [7, 11) is 2.14. The fourth-order valence-electron chi connectivity index (χ4n) is 6.07. The van der Waals surface area contributed by atoms with Crippen molar-refractivity contribution >= 4 is 34.8 Å². The van der Waals surface area contributed by atoms with E-state index in [-0.39, 0.29) is 17.9 Å². The maximum atomic E-state index is 14.1. The third-order valence-electron chi connectivity index (χ3n) is 8.35. The molecular weight excluding hydrogens is 544 g/mol. The normalized spacial score (nSPS) is 17.5. The molecule has 1 saturated heterocycles. The highest BCUT2D eigenvalue weighted by molar-refractivity contribution is 6.35. The number of carbonyl (C=O) groups excluding carboxylic acids is 2. The number of carbonyl (C=O) groups is 2. The SMILES string of the molecule is CN1Cc2ccccc2N(C(=O)c2ccc(NC(=O)c3ccccc3-c3ccccc3)cc2Cl)C[C@@H]1CN1CCCC1. The molecule has 6 nitrogen and oxygen atoms in total. The Morgan fingerprint density at radius 2 is 1.57 bits per heavy atom. The lowest BCUT2D eigenvalue weighted by molar-refractivity contribution is 0.0973. The average Bonchev–Trinajstić information content (AvgIpc) is 3.48. The summed E-state index contributed by atoms with van der Waals surface area (Å²) >= 11 is 6.75. The molecule has 2 amide bonds. The number of hydrogen-bond acceptors (Lipinski definition) is 4. The zero-order valence-electron chi connectivity index (χ0n) is 23.8. The van der Waals surface area contributed by atoms with Gasteiger partial charge in [0.1, 0.15) is 0 Å². The van der Waals surface area contributed by atoms with Crippen molar-refractivity contribution in [2.75, 3.05) is 43.4 Å². The van der Waals surface area contributed by atoms with Crippen LogP contribution in [0.5, 0.6) is 0 Å². The zero-order chi connectivity index (χ0) is 29.1. The molecule has 1 N–H and O–H groups in total. The second kappa shape index (κ2) is 12.5. The second-order valence-corrected chi connectivity index (χ2v) is 11.6. The minimum Gasteiger partial charge on any atom is -0.322 e. The van der Waals surface area contributed by atoms with Crippen molar-refractivity contribution in [2.45, 2.75) is 25.4 Å². The Bertz CT molecular complexity index is 1590. The molecule has 6 rings (SSSR count). The highest BCUT2D eigenvalue weighted by Gasteiger charge is 2.32. The molecule has 7 heteroatoms. The molecule has 2 heterocycles. The second-order valence-electron chi connectivity index (χ2n) is 11.2. The van der Waals surface area contributed by atoms with Crippen LogP contribution in [0.1, 0.15) is 39.1 Å². The van der Waals surface area contributed by atoms with E-state index in [1.165, 1.54) is 12.8 Å². The Labute approximate surface area is 252 Å². The maximum absolute atomic E-state index is 14.1. The van der Waals surface area contributed by atoms with Gasteiger partial charge in [0.05, 0.1) is 10.6 Å². The highest BCUT2D eigenvalue weighted by Crippen LogP contribution is 2.31. The predicted octanol–water partition coefficient (Wildman–Crippen LogP) is 6.82. The number of likely N-dealkylation sites (tertiary alicyclic amines) is 1. The van der Waals surface area contributed by atoms with Gasteiger partial charge < -0.3 is 15.1 Å². The molecule has 4 aromatic rings. The number of benzene rings is 4. The molecule has 0 aromatic heterocycles. The van der Waals surface area contributed by atoms with Crippen LogP contribution in [0.15, 0.2) is 97.1 Å². The van der Waals surface area contributed by atoms with Crippen molar-refractivity contribution in [3.8, 4) is 11.1 Å². The van der Waals surface area contributed by atoms with Gasteiger partial charge in [-0.3, -0.25) is 14.5 Å². The lowest BCUT2D eigenvalue weighted by atomic mass is 9.99. The van der Waals surface area contributed by atoms with Crippen LogP contribution in [0.3, 0.4) is 0 Å². The van der Waals surface area contributed by atoms with Crippen LogP contribution in [0.2, 0.25) is 5.02 Å². The van der Waals surface area contributed by atoms with E-state index in [9.17, 15) is 9.59 Å². The number of amides is 2. The van der Waals surface area contributed by atoms with E-state index >= 15 is 0 Å². The van der Waals surface area contributed by atoms with Crippen LogP contribution >= 0.6 is 11.6 Å². The number of fused-ring (bicyclic) bond motifs is 1. The van der Waals surface area contributed by atoms with Crippen LogP contribution in [0.25, 0.3) is 11.1 Å². The van der Waals surface area contributed by atoms with Crippen molar-refractivity contribution in [1.82, 2.24) is 9.80 Å². The molecule has 214 valence electrons. The summed E-state index contributed by atoms with van der Waals surface area (Å²) in [6, 6.07) is 30.8. The van der Waals surface area contributed by atoms with Crippen molar-refractivity contribution in [3.63, 3.8) is 0 Å². The summed E-state index contributed by atoms with van der Waals surface area (Å²) in [6.07, 6.45) is 2.46. The van der Waals surface area contributed by atoms with Gasteiger partial charge in [-0.1, -0.05) is 78.3 Å². The van der Waals surface area contributed by atoms with Gasteiger partial charge in [0.2, 0.25) is 0 Å². The van der Waals surface area contributed by atoms with Crippen LogP contribution in [0.4, 0.5) is 11.4 Å². The fourth-order valence-corrected chi connectivity index (χ4v) is 6.33. The molecule has 0 spiro atoms. The lowest BCUT2D eigenvalue weighted by Crippen LogP contribution is -2.48. The first-order valence-electron chi connectivity index (χ1n) is 14.6. The van der Waals surface area contributed by atoms with Crippen molar-refractivity contribution < 1.29 is 9.59 Å². The molecule has 0 unspecified atom stereocenters. The number of halogens is 1. The van der Waals surface area contributed by atoms with Gasteiger partial charge in [-0.15, -0.1) is 0 Å². The Morgan fingerprint density at radius 3 is 2.36 bits per heavy atom. The summed E-state index contributed by atoms with van der Waals surface area (Å²) in [5.41, 5.74) is 5.37. The molecule has 0 radical (unpaired) electrons. The Morgan fingerprint density at radius 1 is 0.857 bits per heavy atom. The molecule has 0 saturated carbocycles. The Kier molecular flexibility index (Phi) is 8.38. The monoisotopic (exact) mass is 578 g/mol. The number of nitrogens with zero attached hydrogens (tertiary/aromatic N) is 3. The fraction of sp³-hybridized carbons (Fsp3) is 0.257. The summed E-state index contributed by atoms with van der Waals surface area (Å²) in [4.78, 5) is 34.2. The third kappa shape index (κ3) is 5.97. The average molecular weight is 579 g/mol. The number of likely N-dealkylation sites (N-methyl/N-ethyl adjacent to an activating group) is 1. The Balaban J connectivity index is 1.24. The molecule has 42 heavy (non-hydrogen) atoms. The summed E-state index contributed by atoms with van der Waals surface area (Å²) in [6.45, 7) is 4.51. The summed E-state index contributed by atoms with van der Waals surface area (Å²) in [5.74, 6) is -0.375. The van der Waals surface area contributed by atoms with E-state index in [0.29, 0.717) is 28.4 Å². The van der Waals surface area contributed by atoms with Gasteiger partial charge in [-0.25, -0.2) is 0 Å². The number of nitrogens with one attached hydrogen (secondary N) is 1. The molecule has 0 bridgehead atoms. The van der Waals surface area contributed by atoms with E-state index < -0.39 is 0 Å². The smallest absolute Gasteiger partial charge is 0.259 e. The van der Waals surface area contributed by atoms with E-state index in [4.69, 9.17) is 11.6 Å². The minimum atomic E-state index is -0.237. The van der Waals surface area contributed by atoms with Crippen molar-refractivity contribution in [3.05, 3.63) is 119 Å². The van der Waals surface area contributed by atoms with Crippen LogP contribution in [-0.4, -0.2) is 60.9 Å². The first kappa shape index (κ1) is 28.2. The van der Waals surface area contributed by atoms with Gasteiger partial charge in [-0.05, 0) is 80.0 Å². The molecule has 2 aliphatic rings. The number of rotatable bonds is 6. The van der Waals surface area contributed by atoms with Gasteiger partial charge >= 0.3 is 0 Å². The van der Waals surface area contributed by atoms with Crippen LogP contribution < -0.4 is 10.2 Å². The topological polar surface area (TPSA) is 55.9 Å². The van der Waals surface area contributed by atoms with Crippen LogP contribution in [0, 0.1) is 0 Å². The number of hydrogen-bond donors (Lipinski definition) is 1. The molecule has 1 fully saturated rings. The largest absolute Gasteiger partial charge is 0.322 e.